The summed E-state index contributed by atoms with van der Waals surface area (Å²) in [6.45, 7) is 4.48. The fourth-order valence-electron chi connectivity index (χ4n) is 3.01. The number of nitrogens with zero attached hydrogens (tertiary/aromatic N) is 2. The molecular weight excluding hydrogens is 443 g/mol. The molecule has 3 aromatic rings. The monoisotopic (exact) mass is 464 g/mol. The topological polar surface area (TPSA) is 60.3 Å². The van der Waals surface area contributed by atoms with E-state index >= 15 is 0 Å². The van der Waals surface area contributed by atoms with Crippen molar-refractivity contribution < 1.29 is 9.47 Å². The lowest BCUT2D eigenvalue weighted by atomic mass is 10.2. The second-order valence-electron chi connectivity index (χ2n) is 6.60. The molecule has 6 nitrogen and oxygen atoms in total. The molecule has 158 valence electrons. The Morgan fingerprint density at radius 1 is 1.03 bits per heavy atom. The number of methoxy groups -OCH3 is 2. The van der Waals surface area contributed by atoms with E-state index in [1.165, 1.54) is 0 Å². The van der Waals surface area contributed by atoms with Crippen LogP contribution in [-0.2, 0) is 6.54 Å². The molecule has 0 bridgehead atoms. The van der Waals surface area contributed by atoms with Crippen LogP contribution in [-0.4, -0.2) is 29.1 Å². The summed E-state index contributed by atoms with van der Waals surface area (Å²) in [5.74, 6) is 1.33. The van der Waals surface area contributed by atoms with E-state index in [2.05, 4.69) is 15.7 Å². The van der Waals surface area contributed by atoms with Crippen molar-refractivity contribution in [2.24, 2.45) is 0 Å². The van der Waals surface area contributed by atoms with Crippen LogP contribution < -0.4 is 20.1 Å². The number of aryl methyl sites for hydroxylation is 1. The predicted molar refractivity (Wildman–Crippen MR) is 127 cm³/mol. The van der Waals surface area contributed by atoms with Crippen LogP contribution in [0.25, 0.3) is 0 Å². The van der Waals surface area contributed by atoms with Crippen molar-refractivity contribution in [3.63, 3.8) is 0 Å². The third kappa shape index (κ3) is 4.98. The first kappa shape index (κ1) is 22.2. The van der Waals surface area contributed by atoms with E-state index in [-0.39, 0.29) is 0 Å². The van der Waals surface area contributed by atoms with Crippen molar-refractivity contribution in [2.75, 3.05) is 24.9 Å². The van der Waals surface area contributed by atoms with Crippen LogP contribution in [0.4, 0.5) is 11.4 Å². The maximum absolute atomic E-state index is 6.13. The van der Waals surface area contributed by atoms with Gasteiger partial charge in [0.2, 0.25) is 0 Å². The van der Waals surface area contributed by atoms with E-state index in [0.717, 1.165) is 28.3 Å². The highest BCUT2D eigenvalue weighted by molar-refractivity contribution is 7.80. The van der Waals surface area contributed by atoms with Gasteiger partial charge >= 0.3 is 0 Å². The van der Waals surface area contributed by atoms with Gasteiger partial charge in [0.05, 0.1) is 53.6 Å². The van der Waals surface area contributed by atoms with E-state index < -0.39 is 0 Å². The quantitative estimate of drug-likeness (QED) is 0.457. The SMILES string of the molecule is COc1ccc(NC(=S)Nc2c(C)nn(Cc3ccc(Cl)c(Cl)c3)c2C)c(OC)c1. The minimum atomic E-state index is 0.429. The molecule has 0 aliphatic heterocycles. The molecule has 0 fully saturated rings. The van der Waals surface area contributed by atoms with Gasteiger partial charge in [-0.1, -0.05) is 29.3 Å². The Hall–Kier alpha value is -2.48. The number of thiocarbonyl (C=S) groups is 1. The fourth-order valence-corrected chi connectivity index (χ4v) is 3.54. The lowest BCUT2D eigenvalue weighted by Crippen LogP contribution is -2.20. The van der Waals surface area contributed by atoms with Crippen molar-refractivity contribution in [1.82, 2.24) is 9.78 Å². The summed E-state index contributed by atoms with van der Waals surface area (Å²) >= 11 is 17.6. The zero-order chi connectivity index (χ0) is 21.8. The highest BCUT2D eigenvalue weighted by Crippen LogP contribution is 2.30. The molecule has 0 aliphatic rings. The second kappa shape index (κ2) is 9.55. The molecule has 1 aromatic heterocycles. The third-order valence-electron chi connectivity index (χ3n) is 4.59. The number of halogens is 2. The van der Waals surface area contributed by atoms with Crippen molar-refractivity contribution >= 4 is 51.9 Å². The minimum absolute atomic E-state index is 0.429. The lowest BCUT2D eigenvalue weighted by molar-refractivity contribution is 0.395. The van der Waals surface area contributed by atoms with Gasteiger partial charge in [-0.3, -0.25) is 4.68 Å². The number of anilines is 2. The molecule has 0 unspecified atom stereocenters. The number of ether oxygens (including phenoxy) is 2. The van der Waals surface area contributed by atoms with Crippen LogP contribution in [0.15, 0.2) is 36.4 Å². The number of benzene rings is 2. The van der Waals surface area contributed by atoms with Crippen LogP contribution in [0, 0.1) is 13.8 Å². The van der Waals surface area contributed by atoms with Gasteiger partial charge in [0, 0.05) is 6.07 Å². The maximum Gasteiger partial charge on any atom is 0.175 e. The summed E-state index contributed by atoms with van der Waals surface area (Å²) in [6.07, 6.45) is 0. The fraction of sp³-hybridized carbons (Fsp3) is 0.238. The molecule has 0 radical (unpaired) electrons. The highest BCUT2D eigenvalue weighted by atomic mass is 35.5. The molecule has 1 heterocycles. The molecule has 0 saturated heterocycles. The van der Waals surface area contributed by atoms with Crippen molar-refractivity contribution in [3.05, 3.63) is 63.4 Å². The number of hydrogen-bond donors (Lipinski definition) is 2. The van der Waals surface area contributed by atoms with E-state index in [1.807, 2.05) is 42.8 Å². The van der Waals surface area contributed by atoms with E-state index in [0.29, 0.717) is 33.2 Å². The Morgan fingerprint density at radius 2 is 1.80 bits per heavy atom. The van der Waals surface area contributed by atoms with Gasteiger partial charge in [0.1, 0.15) is 11.5 Å². The molecule has 30 heavy (non-hydrogen) atoms. The Morgan fingerprint density at radius 3 is 2.47 bits per heavy atom. The van der Waals surface area contributed by atoms with Gasteiger partial charge in [-0.25, -0.2) is 0 Å². The second-order valence-corrected chi connectivity index (χ2v) is 7.82. The number of nitrogens with one attached hydrogen (secondary N) is 2. The predicted octanol–water partition coefficient (Wildman–Crippen LogP) is 5.68. The number of rotatable bonds is 6. The molecule has 2 N–H and O–H groups in total. The summed E-state index contributed by atoms with van der Waals surface area (Å²) in [4.78, 5) is 0. The molecule has 0 amide bonds. The molecule has 0 spiro atoms. The zero-order valence-electron chi connectivity index (χ0n) is 17.0. The Kier molecular flexibility index (Phi) is 7.07. The average Bonchev–Trinajstić information content (AvgIpc) is 2.98. The molecular formula is C21H22Cl2N4O2S. The largest absolute Gasteiger partial charge is 0.497 e. The van der Waals surface area contributed by atoms with Gasteiger partial charge < -0.3 is 20.1 Å². The van der Waals surface area contributed by atoms with Crippen LogP contribution in [0.1, 0.15) is 17.0 Å². The first-order valence-corrected chi connectivity index (χ1v) is 10.3. The Balaban J connectivity index is 1.75. The summed E-state index contributed by atoms with van der Waals surface area (Å²) < 4.78 is 12.5. The van der Waals surface area contributed by atoms with Crippen LogP contribution in [0.2, 0.25) is 10.0 Å². The van der Waals surface area contributed by atoms with Gasteiger partial charge in [0.15, 0.2) is 5.11 Å². The maximum atomic E-state index is 6.13. The van der Waals surface area contributed by atoms with Gasteiger partial charge in [0.25, 0.3) is 0 Å². The van der Waals surface area contributed by atoms with Crippen LogP contribution in [0.3, 0.4) is 0 Å². The molecule has 0 aliphatic carbocycles. The van der Waals surface area contributed by atoms with Gasteiger partial charge in [-0.15, -0.1) is 0 Å². The first-order chi connectivity index (χ1) is 14.3. The molecule has 0 atom stereocenters. The molecule has 2 aromatic carbocycles. The van der Waals surface area contributed by atoms with Crippen molar-refractivity contribution in [2.45, 2.75) is 20.4 Å². The summed E-state index contributed by atoms with van der Waals surface area (Å²) in [7, 11) is 3.20. The molecule has 0 saturated carbocycles. The third-order valence-corrected chi connectivity index (χ3v) is 5.54. The Labute approximate surface area is 191 Å². The van der Waals surface area contributed by atoms with Gasteiger partial charge in [-0.05, 0) is 55.9 Å². The van der Waals surface area contributed by atoms with Crippen LogP contribution >= 0.6 is 35.4 Å². The number of aromatic nitrogens is 2. The number of hydrogen-bond acceptors (Lipinski definition) is 4. The summed E-state index contributed by atoms with van der Waals surface area (Å²) in [5.41, 5.74) is 4.36. The first-order valence-electron chi connectivity index (χ1n) is 9.10. The molecule has 3 rings (SSSR count). The Bertz CT molecular complexity index is 1090. The summed E-state index contributed by atoms with van der Waals surface area (Å²) in [5, 5.41) is 12.5. The average molecular weight is 465 g/mol. The molecule has 9 heteroatoms. The summed E-state index contributed by atoms with van der Waals surface area (Å²) in [6, 6.07) is 11.0. The van der Waals surface area contributed by atoms with E-state index in [1.54, 1.807) is 26.4 Å². The normalized spacial score (nSPS) is 10.6. The van der Waals surface area contributed by atoms with Crippen LogP contribution in [0.5, 0.6) is 11.5 Å². The van der Waals surface area contributed by atoms with Gasteiger partial charge in [-0.2, -0.15) is 5.10 Å². The van der Waals surface area contributed by atoms with E-state index in [9.17, 15) is 0 Å². The smallest absolute Gasteiger partial charge is 0.175 e. The van der Waals surface area contributed by atoms with Crippen molar-refractivity contribution in [1.29, 1.82) is 0 Å². The standard InChI is InChI=1S/C21H22Cl2N4O2S/c1-12-20(13(2)27(26-12)11-14-5-7-16(22)17(23)9-14)25-21(30)24-18-8-6-15(28-3)10-19(18)29-4/h5-10H,11H2,1-4H3,(H2,24,25,30). The lowest BCUT2D eigenvalue weighted by Gasteiger charge is -2.14. The minimum Gasteiger partial charge on any atom is -0.497 e. The van der Waals surface area contributed by atoms with E-state index in [4.69, 9.17) is 44.9 Å². The highest BCUT2D eigenvalue weighted by Gasteiger charge is 2.15. The van der Waals surface area contributed by atoms with Crippen molar-refractivity contribution in [3.8, 4) is 11.5 Å². The zero-order valence-corrected chi connectivity index (χ0v) is 19.4.